The fraction of sp³-hybridized carbons (Fsp3) is 0.214. The van der Waals surface area contributed by atoms with Crippen LogP contribution in [0.1, 0.15) is 10.6 Å². The van der Waals surface area contributed by atoms with Crippen LogP contribution in [0.5, 0.6) is 5.75 Å². The van der Waals surface area contributed by atoms with E-state index in [4.69, 9.17) is 9.15 Å². The molecule has 7 heteroatoms. The first-order chi connectivity index (χ1) is 9.89. The van der Waals surface area contributed by atoms with Crippen molar-refractivity contribution >= 4 is 5.91 Å². The Morgan fingerprint density at radius 2 is 1.86 bits per heavy atom. The summed E-state index contributed by atoms with van der Waals surface area (Å²) in [6.07, 6.45) is -4.46. The van der Waals surface area contributed by atoms with Crippen molar-refractivity contribution in [3.8, 4) is 17.1 Å². The maximum Gasteiger partial charge on any atom is 0.405 e. The smallest absolute Gasteiger partial charge is 0.405 e. The Morgan fingerprint density at radius 3 is 2.43 bits per heavy atom. The van der Waals surface area contributed by atoms with Crippen molar-refractivity contribution in [2.24, 2.45) is 0 Å². The number of nitrogens with one attached hydrogen (secondary N) is 1. The molecule has 0 bridgehead atoms. The van der Waals surface area contributed by atoms with Crippen LogP contribution in [-0.4, -0.2) is 25.7 Å². The van der Waals surface area contributed by atoms with E-state index in [-0.39, 0.29) is 5.76 Å². The van der Waals surface area contributed by atoms with Gasteiger partial charge in [-0.1, -0.05) is 0 Å². The topological polar surface area (TPSA) is 51.5 Å². The number of methoxy groups -OCH3 is 1. The van der Waals surface area contributed by atoms with Gasteiger partial charge in [0.25, 0.3) is 5.91 Å². The fourth-order valence-electron chi connectivity index (χ4n) is 1.64. The molecule has 0 radical (unpaired) electrons. The van der Waals surface area contributed by atoms with Gasteiger partial charge in [0, 0.05) is 5.56 Å². The fourth-order valence-corrected chi connectivity index (χ4v) is 1.64. The molecule has 0 saturated heterocycles. The summed E-state index contributed by atoms with van der Waals surface area (Å²) < 4.78 is 46.3. The average Bonchev–Trinajstić information content (AvgIpc) is 2.94. The number of hydrogen-bond acceptors (Lipinski definition) is 3. The summed E-state index contributed by atoms with van der Waals surface area (Å²) in [6, 6.07) is 9.70. The lowest BCUT2D eigenvalue weighted by Gasteiger charge is -2.06. The third-order valence-corrected chi connectivity index (χ3v) is 2.65. The SMILES string of the molecule is COc1ccc(-c2ccc(C(=O)NCC(F)(F)F)o2)cc1. The van der Waals surface area contributed by atoms with E-state index >= 15 is 0 Å². The van der Waals surface area contributed by atoms with E-state index < -0.39 is 18.6 Å². The minimum atomic E-state index is -4.46. The molecule has 2 rings (SSSR count). The minimum absolute atomic E-state index is 0.176. The van der Waals surface area contributed by atoms with Crippen molar-refractivity contribution in [2.75, 3.05) is 13.7 Å². The zero-order chi connectivity index (χ0) is 15.5. The molecule has 21 heavy (non-hydrogen) atoms. The Kier molecular flexibility index (Phi) is 4.21. The second kappa shape index (κ2) is 5.90. The van der Waals surface area contributed by atoms with E-state index in [9.17, 15) is 18.0 Å². The summed E-state index contributed by atoms with van der Waals surface area (Å²) in [5.41, 5.74) is 0.686. The number of ether oxygens (including phenoxy) is 1. The number of alkyl halides is 3. The Morgan fingerprint density at radius 1 is 1.19 bits per heavy atom. The summed E-state index contributed by atoms with van der Waals surface area (Å²) in [7, 11) is 1.53. The largest absolute Gasteiger partial charge is 0.497 e. The van der Waals surface area contributed by atoms with Crippen LogP contribution >= 0.6 is 0 Å². The molecule has 0 atom stereocenters. The molecule has 2 aromatic rings. The van der Waals surface area contributed by atoms with E-state index in [1.54, 1.807) is 29.6 Å². The van der Waals surface area contributed by atoms with Crippen LogP contribution in [0.3, 0.4) is 0 Å². The lowest BCUT2D eigenvalue weighted by atomic mass is 10.2. The molecule has 1 amide bonds. The highest BCUT2D eigenvalue weighted by atomic mass is 19.4. The molecular formula is C14H12F3NO3. The molecule has 0 unspecified atom stereocenters. The van der Waals surface area contributed by atoms with E-state index in [0.29, 0.717) is 17.1 Å². The Labute approximate surface area is 118 Å². The third-order valence-electron chi connectivity index (χ3n) is 2.65. The minimum Gasteiger partial charge on any atom is -0.497 e. The predicted octanol–water partition coefficient (Wildman–Crippen LogP) is 3.25. The van der Waals surface area contributed by atoms with Gasteiger partial charge in [0.1, 0.15) is 18.1 Å². The molecule has 4 nitrogen and oxygen atoms in total. The number of rotatable bonds is 4. The molecule has 1 N–H and O–H groups in total. The monoisotopic (exact) mass is 299 g/mol. The van der Waals surface area contributed by atoms with Crippen molar-refractivity contribution in [1.82, 2.24) is 5.32 Å². The summed E-state index contributed by atoms with van der Waals surface area (Å²) in [6.45, 7) is -1.40. The number of halogens is 3. The molecule has 1 heterocycles. The first-order valence-corrected chi connectivity index (χ1v) is 5.98. The van der Waals surface area contributed by atoms with Crippen LogP contribution in [0, 0.1) is 0 Å². The Hall–Kier alpha value is -2.44. The molecule has 1 aromatic heterocycles. The van der Waals surface area contributed by atoms with Gasteiger partial charge in [-0.2, -0.15) is 13.2 Å². The van der Waals surface area contributed by atoms with Gasteiger partial charge >= 0.3 is 6.18 Å². The van der Waals surface area contributed by atoms with Crippen molar-refractivity contribution in [2.45, 2.75) is 6.18 Å². The molecular weight excluding hydrogens is 287 g/mol. The number of hydrogen-bond donors (Lipinski definition) is 1. The number of carbonyl (C=O) groups excluding carboxylic acids is 1. The molecule has 1 aromatic carbocycles. The molecule has 0 saturated carbocycles. The summed E-state index contributed by atoms with van der Waals surface area (Å²) >= 11 is 0. The quantitative estimate of drug-likeness (QED) is 0.943. The second-order valence-corrected chi connectivity index (χ2v) is 4.19. The van der Waals surface area contributed by atoms with Crippen molar-refractivity contribution < 1.29 is 27.1 Å². The van der Waals surface area contributed by atoms with Gasteiger partial charge in [0.2, 0.25) is 0 Å². The Bertz CT molecular complexity index is 617. The lowest BCUT2D eigenvalue weighted by molar-refractivity contribution is -0.123. The standard InChI is InChI=1S/C14H12F3NO3/c1-20-10-4-2-9(3-5-10)11-6-7-12(21-11)13(19)18-8-14(15,16)17/h2-7H,8H2,1H3,(H,18,19). The maximum absolute atomic E-state index is 12.0. The van der Waals surface area contributed by atoms with Crippen molar-refractivity contribution in [1.29, 1.82) is 0 Å². The van der Waals surface area contributed by atoms with E-state index in [0.717, 1.165) is 0 Å². The van der Waals surface area contributed by atoms with Gasteiger partial charge in [-0.05, 0) is 36.4 Å². The van der Waals surface area contributed by atoms with Gasteiger partial charge in [0.15, 0.2) is 5.76 Å². The highest BCUT2D eigenvalue weighted by Gasteiger charge is 2.28. The molecule has 0 aliphatic rings. The highest BCUT2D eigenvalue weighted by Crippen LogP contribution is 2.24. The zero-order valence-corrected chi connectivity index (χ0v) is 11.0. The normalized spacial score (nSPS) is 11.2. The van der Waals surface area contributed by atoms with Crippen molar-refractivity contribution in [3.63, 3.8) is 0 Å². The van der Waals surface area contributed by atoms with Crippen LogP contribution < -0.4 is 10.1 Å². The van der Waals surface area contributed by atoms with Gasteiger partial charge in [0.05, 0.1) is 7.11 Å². The number of amides is 1. The molecule has 0 aliphatic heterocycles. The first kappa shape index (κ1) is 15.0. The predicted molar refractivity (Wildman–Crippen MR) is 69.1 cm³/mol. The number of carbonyl (C=O) groups is 1. The van der Waals surface area contributed by atoms with E-state index in [1.807, 2.05) is 0 Å². The summed E-state index contributed by atoms with van der Waals surface area (Å²) in [5.74, 6) is -0.0413. The van der Waals surface area contributed by atoms with Gasteiger partial charge < -0.3 is 14.5 Å². The van der Waals surface area contributed by atoms with Crippen LogP contribution in [0.2, 0.25) is 0 Å². The summed E-state index contributed by atoms with van der Waals surface area (Å²) in [5, 5.41) is 1.74. The van der Waals surface area contributed by atoms with Crippen LogP contribution in [0.25, 0.3) is 11.3 Å². The van der Waals surface area contributed by atoms with Crippen LogP contribution in [0.4, 0.5) is 13.2 Å². The zero-order valence-electron chi connectivity index (χ0n) is 11.0. The second-order valence-electron chi connectivity index (χ2n) is 4.19. The third kappa shape index (κ3) is 4.01. The van der Waals surface area contributed by atoms with Crippen LogP contribution in [-0.2, 0) is 0 Å². The number of benzene rings is 1. The van der Waals surface area contributed by atoms with Gasteiger partial charge in [-0.3, -0.25) is 4.79 Å². The Balaban J connectivity index is 2.08. The van der Waals surface area contributed by atoms with Gasteiger partial charge in [-0.25, -0.2) is 0 Å². The first-order valence-electron chi connectivity index (χ1n) is 5.98. The molecule has 0 aliphatic carbocycles. The molecule has 112 valence electrons. The van der Waals surface area contributed by atoms with E-state index in [2.05, 4.69) is 0 Å². The summed E-state index contributed by atoms with van der Waals surface area (Å²) in [4.78, 5) is 11.5. The molecule has 0 fully saturated rings. The van der Waals surface area contributed by atoms with E-state index in [1.165, 1.54) is 19.2 Å². The van der Waals surface area contributed by atoms with Gasteiger partial charge in [-0.15, -0.1) is 0 Å². The average molecular weight is 299 g/mol. The molecule has 0 spiro atoms. The van der Waals surface area contributed by atoms with Crippen molar-refractivity contribution in [3.05, 3.63) is 42.2 Å². The van der Waals surface area contributed by atoms with Crippen LogP contribution in [0.15, 0.2) is 40.8 Å². The highest BCUT2D eigenvalue weighted by molar-refractivity contribution is 5.92. The lowest BCUT2D eigenvalue weighted by Crippen LogP contribution is -2.33. The maximum atomic E-state index is 12.0. The number of furan rings is 1.